The number of nitrogens with one attached hydrogen (secondary N) is 2. The Morgan fingerprint density at radius 1 is 1.13 bits per heavy atom. The number of nitriles is 1. The van der Waals surface area contributed by atoms with Crippen LogP contribution in [-0.2, 0) is 9.53 Å². The number of carbonyl (C=O) groups excluding carboxylic acids is 2. The molecule has 0 spiro atoms. The average Bonchev–Trinajstić information content (AvgIpc) is 3.28. The van der Waals surface area contributed by atoms with Crippen LogP contribution in [0.1, 0.15) is 55.1 Å². The molecule has 0 saturated heterocycles. The Kier molecular flexibility index (Phi) is 7.85. The van der Waals surface area contributed by atoms with Crippen molar-refractivity contribution in [1.82, 2.24) is 10.6 Å². The topological polar surface area (TPSA) is 104 Å². The molecule has 2 N–H and O–H groups in total. The number of ether oxygens (including phenoxy) is 1. The molecule has 2 aromatic rings. The molecule has 0 radical (unpaired) electrons. The van der Waals surface area contributed by atoms with Gasteiger partial charge in [-0.2, -0.15) is 5.26 Å². The van der Waals surface area contributed by atoms with Crippen LogP contribution >= 0.6 is 0 Å². The van der Waals surface area contributed by atoms with E-state index in [9.17, 15) is 9.59 Å². The fourth-order valence-corrected chi connectivity index (χ4v) is 4.03. The molecule has 3 rings (SSSR count). The predicted octanol–water partition coefficient (Wildman–Crippen LogP) is 3.65. The molecule has 2 amide bonds. The maximum Gasteiger partial charge on any atom is 0.287 e. The van der Waals surface area contributed by atoms with Gasteiger partial charge in [-0.05, 0) is 62.1 Å². The van der Waals surface area contributed by atoms with Crippen LogP contribution in [0, 0.1) is 17.2 Å². The zero-order valence-electron chi connectivity index (χ0n) is 18.0. The molecular weight excluding hydrogens is 394 g/mol. The van der Waals surface area contributed by atoms with Gasteiger partial charge in [0.05, 0.1) is 18.2 Å². The van der Waals surface area contributed by atoms with Crippen LogP contribution in [0.3, 0.4) is 0 Å². The summed E-state index contributed by atoms with van der Waals surface area (Å²) < 4.78 is 10.9. The second-order valence-electron chi connectivity index (χ2n) is 8.07. The van der Waals surface area contributed by atoms with Gasteiger partial charge in [0, 0.05) is 18.7 Å². The highest BCUT2D eigenvalue weighted by molar-refractivity contribution is 5.96. The fourth-order valence-electron chi connectivity index (χ4n) is 4.03. The van der Waals surface area contributed by atoms with Crippen LogP contribution in [0.4, 0.5) is 0 Å². The number of hydrogen-bond acceptors (Lipinski definition) is 5. The van der Waals surface area contributed by atoms with E-state index in [0.717, 1.165) is 37.7 Å². The molecular formula is C24H29N3O4. The second-order valence-corrected chi connectivity index (χ2v) is 8.07. The van der Waals surface area contributed by atoms with Crippen molar-refractivity contribution in [2.45, 2.75) is 51.1 Å². The number of furan rings is 1. The van der Waals surface area contributed by atoms with Crippen LogP contribution in [0.15, 0.2) is 40.8 Å². The van der Waals surface area contributed by atoms with E-state index in [4.69, 9.17) is 14.4 Å². The molecule has 0 aliphatic heterocycles. The van der Waals surface area contributed by atoms with Crippen molar-refractivity contribution in [1.29, 1.82) is 5.26 Å². The van der Waals surface area contributed by atoms with Gasteiger partial charge in [-0.1, -0.05) is 19.3 Å². The van der Waals surface area contributed by atoms with Gasteiger partial charge in [-0.15, -0.1) is 0 Å². The summed E-state index contributed by atoms with van der Waals surface area (Å²) in [5.41, 5.74) is 1.32. The minimum Gasteiger partial charge on any atom is -0.451 e. The van der Waals surface area contributed by atoms with Gasteiger partial charge >= 0.3 is 0 Å². The van der Waals surface area contributed by atoms with Gasteiger partial charge < -0.3 is 19.8 Å². The quantitative estimate of drug-likeness (QED) is 0.674. The summed E-state index contributed by atoms with van der Waals surface area (Å²) in [6.45, 7) is 2.28. The first-order chi connectivity index (χ1) is 15.0. The molecule has 7 nitrogen and oxygen atoms in total. The summed E-state index contributed by atoms with van der Waals surface area (Å²) in [5.74, 6) is 0.175. The lowest BCUT2D eigenvalue weighted by atomic mass is 9.83. The highest BCUT2D eigenvalue weighted by atomic mass is 16.5. The molecule has 0 bridgehead atoms. The molecule has 31 heavy (non-hydrogen) atoms. The first-order valence-corrected chi connectivity index (χ1v) is 10.7. The maximum absolute atomic E-state index is 12.9. The largest absolute Gasteiger partial charge is 0.451 e. The normalized spacial score (nSPS) is 16.2. The van der Waals surface area contributed by atoms with Gasteiger partial charge in [0.1, 0.15) is 11.8 Å². The van der Waals surface area contributed by atoms with Crippen molar-refractivity contribution in [2.24, 2.45) is 5.92 Å². The molecule has 1 aliphatic rings. The molecule has 2 atom stereocenters. The first kappa shape index (κ1) is 22.6. The summed E-state index contributed by atoms with van der Waals surface area (Å²) in [5, 5.41) is 14.8. The summed E-state index contributed by atoms with van der Waals surface area (Å²) in [6.07, 6.45) is 5.09. The number of hydrogen-bond donors (Lipinski definition) is 2. The van der Waals surface area contributed by atoms with E-state index in [-0.39, 0.29) is 23.6 Å². The van der Waals surface area contributed by atoms with Crippen LogP contribution < -0.4 is 10.6 Å². The minimum atomic E-state index is -0.615. The lowest BCUT2D eigenvalue weighted by molar-refractivity contribution is -0.125. The molecule has 1 saturated carbocycles. The van der Waals surface area contributed by atoms with Crippen molar-refractivity contribution in [2.75, 3.05) is 13.7 Å². The SMILES string of the molecule is COCC(C)NC(=O)[C@@H](NC(=O)c1ccc(-c2ccc(C#N)cc2)o1)C1CCCCC1. The number of amides is 2. The maximum atomic E-state index is 12.9. The first-order valence-electron chi connectivity index (χ1n) is 10.7. The Balaban J connectivity index is 1.72. The van der Waals surface area contributed by atoms with E-state index in [0.29, 0.717) is 17.9 Å². The zero-order valence-corrected chi connectivity index (χ0v) is 18.0. The highest BCUT2D eigenvalue weighted by Gasteiger charge is 2.32. The van der Waals surface area contributed by atoms with Crippen molar-refractivity contribution in [3.05, 3.63) is 47.7 Å². The van der Waals surface area contributed by atoms with E-state index in [1.54, 1.807) is 43.5 Å². The summed E-state index contributed by atoms with van der Waals surface area (Å²) in [4.78, 5) is 25.8. The molecule has 1 aromatic heterocycles. The number of carbonyl (C=O) groups is 2. The lowest BCUT2D eigenvalue weighted by Gasteiger charge is -2.30. The van der Waals surface area contributed by atoms with Crippen LogP contribution in [0.25, 0.3) is 11.3 Å². The van der Waals surface area contributed by atoms with Crippen LogP contribution in [0.2, 0.25) is 0 Å². The molecule has 7 heteroatoms. The van der Waals surface area contributed by atoms with Crippen molar-refractivity contribution in [3.63, 3.8) is 0 Å². The monoisotopic (exact) mass is 423 g/mol. The van der Waals surface area contributed by atoms with E-state index in [1.165, 1.54) is 0 Å². The average molecular weight is 424 g/mol. The smallest absolute Gasteiger partial charge is 0.287 e. The van der Waals surface area contributed by atoms with Crippen molar-refractivity contribution in [3.8, 4) is 17.4 Å². The van der Waals surface area contributed by atoms with Gasteiger partial charge in [-0.3, -0.25) is 9.59 Å². The molecule has 1 unspecified atom stereocenters. The number of rotatable bonds is 8. The summed E-state index contributed by atoms with van der Waals surface area (Å²) in [6, 6.07) is 11.6. The third-order valence-electron chi connectivity index (χ3n) is 5.62. The zero-order chi connectivity index (χ0) is 22.2. The van der Waals surface area contributed by atoms with Gasteiger partial charge in [0.25, 0.3) is 5.91 Å². The molecule has 1 aromatic carbocycles. The van der Waals surface area contributed by atoms with Crippen molar-refractivity contribution < 1.29 is 18.7 Å². The van der Waals surface area contributed by atoms with Crippen LogP contribution in [0.5, 0.6) is 0 Å². The van der Waals surface area contributed by atoms with E-state index in [1.807, 2.05) is 6.92 Å². The van der Waals surface area contributed by atoms with Crippen molar-refractivity contribution >= 4 is 11.8 Å². The van der Waals surface area contributed by atoms with E-state index in [2.05, 4.69) is 16.7 Å². The molecule has 164 valence electrons. The van der Waals surface area contributed by atoms with Gasteiger partial charge in [-0.25, -0.2) is 0 Å². The lowest BCUT2D eigenvalue weighted by Crippen LogP contribution is -2.53. The number of methoxy groups -OCH3 is 1. The van der Waals surface area contributed by atoms with Gasteiger partial charge in [0.2, 0.25) is 5.91 Å². The summed E-state index contributed by atoms with van der Waals surface area (Å²) >= 11 is 0. The molecule has 1 fully saturated rings. The van der Waals surface area contributed by atoms with E-state index < -0.39 is 11.9 Å². The fraction of sp³-hybridized carbons (Fsp3) is 0.458. The van der Waals surface area contributed by atoms with Gasteiger partial charge in [0.15, 0.2) is 5.76 Å². The van der Waals surface area contributed by atoms with E-state index >= 15 is 0 Å². The molecule has 1 aliphatic carbocycles. The molecule has 1 heterocycles. The third-order valence-corrected chi connectivity index (χ3v) is 5.62. The third kappa shape index (κ3) is 5.96. The Hall–Kier alpha value is -3.11. The Bertz CT molecular complexity index is 923. The highest BCUT2D eigenvalue weighted by Crippen LogP contribution is 2.27. The Morgan fingerprint density at radius 2 is 1.84 bits per heavy atom. The van der Waals surface area contributed by atoms with Crippen LogP contribution in [-0.4, -0.2) is 37.6 Å². The Labute approximate surface area is 182 Å². The number of benzene rings is 1. The standard InChI is InChI=1S/C24H29N3O4/c1-16(15-30-2)26-24(29)22(19-6-4-3-5-7-19)27-23(28)21-13-12-20(31-21)18-10-8-17(14-25)9-11-18/h8-13,16,19,22H,3-7,15H2,1-2H3,(H,26,29)(H,27,28)/t16?,22-/m0/s1. The Morgan fingerprint density at radius 3 is 2.48 bits per heavy atom. The second kappa shape index (κ2) is 10.8. The number of nitrogens with zero attached hydrogens (tertiary/aromatic N) is 1. The minimum absolute atomic E-state index is 0.0976. The summed E-state index contributed by atoms with van der Waals surface area (Å²) in [7, 11) is 1.59. The predicted molar refractivity (Wildman–Crippen MR) is 116 cm³/mol.